The van der Waals surface area contributed by atoms with E-state index in [1.165, 1.54) is 12.1 Å². The Labute approximate surface area is 193 Å². The molecule has 1 aliphatic rings. The van der Waals surface area contributed by atoms with Crippen molar-refractivity contribution < 1.29 is 28.2 Å². The van der Waals surface area contributed by atoms with Crippen molar-refractivity contribution in [3.63, 3.8) is 0 Å². The third-order valence-electron chi connectivity index (χ3n) is 5.30. The van der Waals surface area contributed by atoms with E-state index in [9.17, 15) is 14.0 Å². The van der Waals surface area contributed by atoms with Crippen molar-refractivity contribution in [3.05, 3.63) is 53.3 Å². The Hall–Kier alpha value is -3.29. The molecule has 1 aliphatic heterocycles. The first-order valence-corrected chi connectivity index (χ1v) is 11.3. The zero-order valence-corrected chi connectivity index (χ0v) is 19.4. The number of hydrogen-bond donors (Lipinski definition) is 1. The molecule has 7 nitrogen and oxygen atoms in total. The maximum Gasteiger partial charge on any atom is 0.251 e. The van der Waals surface area contributed by atoms with Crippen LogP contribution in [0.3, 0.4) is 0 Å². The number of hydrogen-bond acceptors (Lipinski definition) is 5. The summed E-state index contributed by atoms with van der Waals surface area (Å²) < 4.78 is 30.1. The van der Waals surface area contributed by atoms with Gasteiger partial charge < -0.3 is 24.4 Å². The number of rotatable bonds is 11. The zero-order valence-electron chi connectivity index (χ0n) is 19.4. The van der Waals surface area contributed by atoms with Gasteiger partial charge in [-0.1, -0.05) is 12.1 Å². The highest BCUT2D eigenvalue weighted by Crippen LogP contribution is 2.39. The molecule has 0 saturated carbocycles. The third kappa shape index (κ3) is 6.37. The minimum absolute atomic E-state index is 0.00215. The van der Waals surface area contributed by atoms with E-state index in [2.05, 4.69) is 5.32 Å². The van der Waals surface area contributed by atoms with E-state index in [0.717, 1.165) is 5.56 Å². The van der Waals surface area contributed by atoms with Crippen molar-refractivity contribution >= 4 is 11.8 Å². The van der Waals surface area contributed by atoms with Crippen molar-refractivity contribution in [3.8, 4) is 17.2 Å². The molecule has 0 aliphatic carbocycles. The molecule has 178 valence electrons. The fraction of sp³-hybridized carbons (Fsp3) is 0.440. The van der Waals surface area contributed by atoms with Crippen molar-refractivity contribution in [2.24, 2.45) is 5.92 Å². The Balaban J connectivity index is 1.64. The standard InChI is InChI=1S/C25H31FN2O5/c1-4-31-21-12-19(13-22(32-5-2)24(21)33-6-3)25(30)27-14-18-11-23(29)28(16-18)15-17-7-9-20(26)10-8-17/h7-10,12-13,18H,4-6,11,14-16H2,1-3H3,(H,27,30). The average Bonchev–Trinajstić information content (AvgIpc) is 3.15. The van der Waals surface area contributed by atoms with E-state index < -0.39 is 0 Å². The highest BCUT2D eigenvalue weighted by Gasteiger charge is 2.30. The van der Waals surface area contributed by atoms with Gasteiger partial charge >= 0.3 is 0 Å². The summed E-state index contributed by atoms with van der Waals surface area (Å²) >= 11 is 0. The van der Waals surface area contributed by atoms with Crippen LogP contribution in [0.4, 0.5) is 4.39 Å². The molecule has 1 saturated heterocycles. The summed E-state index contributed by atoms with van der Waals surface area (Å²) in [6.45, 7) is 8.20. The molecule has 1 unspecified atom stereocenters. The maximum absolute atomic E-state index is 13.1. The number of carbonyl (C=O) groups is 2. The lowest BCUT2D eigenvalue weighted by Crippen LogP contribution is -2.31. The molecule has 0 aromatic heterocycles. The SMILES string of the molecule is CCOc1cc(C(=O)NCC2CC(=O)N(Cc3ccc(F)cc3)C2)cc(OCC)c1OCC. The fourth-order valence-electron chi connectivity index (χ4n) is 3.81. The Kier molecular flexibility index (Phi) is 8.52. The van der Waals surface area contributed by atoms with Crippen LogP contribution in [-0.4, -0.2) is 49.6 Å². The minimum Gasteiger partial charge on any atom is -0.490 e. The van der Waals surface area contributed by atoms with E-state index in [1.54, 1.807) is 29.2 Å². The molecule has 3 rings (SSSR count). The predicted octanol–water partition coefficient (Wildman–Crippen LogP) is 3.80. The summed E-state index contributed by atoms with van der Waals surface area (Å²) in [5, 5.41) is 2.92. The van der Waals surface area contributed by atoms with Gasteiger partial charge in [-0.2, -0.15) is 0 Å². The first-order valence-electron chi connectivity index (χ1n) is 11.3. The summed E-state index contributed by atoms with van der Waals surface area (Å²) in [6.07, 6.45) is 0.360. The molecule has 1 fully saturated rings. The Morgan fingerprint density at radius 3 is 2.21 bits per heavy atom. The number of halogens is 1. The first kappa shape index (κ1) is 24.4. The minimum atomic E-state index is -0.304. The van der Waals surface area contributed by atoms with Gasteiger partial charge in [0.05, 0.1) is 19.8 Å². The monoisotopic (exact) mass is 458 g/mol. The summed E-state index contributed by atoms with van der Waals surface area (Å²) in [5.41, 5.74) is 1.27. The van der Waals surface area contributed by atoms with E-state index in [-0.39, 0.29) is 23.5 Å². The summed E-state index contributed by atoms with van der Waals surface area (Å²) in [5.74, 6) is 0.842. The van der Waals surface area contributed by atoms with Crippen molar-refractivity contribution in [1.82, 2.24) is 10.2 Å². The molecule has 8 heteroatoms. The van der Waals surface area contributed by atoms with Gasteiger partial charge in [-0.3, -0.25) is 9.59 Å². The van der Waals surface area contributed by atoms with E-state index in [0.29, 0.717) is 68.7 Å². The second-order valence-corrected chi connectivity index (χ2v) is 7.78. The van der Waals surface area contributed by atoms with Crippen molar-refractivity contribution in [1.29, 1.82) is 0 Å². The lowest BCUT2D eigenvalue weighted by Gasteiger charge is -2.18. The van der Waals surface area contributed by atoms with Crippen LogP contribution in [0, 0.1) is 11.7 Å². The number of likely N-dealkylation sites (tertiary alicyclic amines) is 1. The molecular weight excluding hydrogens is 427 g/mol. The molecule has 0 radical (unpaired) electrons. The molecule has 2 aromatic carbocycles. The van der Waals surface area contributed by atoms with Crippen LogP contribution in [0.15, 0.2) is 36.4 Å². The molecule has 1 N–H and O–H groups in total. The lowest BCUT2D eigenvalue weighted by molar-refractivity contribution is -0.128. The van der Waals surface area contributed by atoms with E-state index >= 15 is 0 Å². The van der Waals surface area contributed by atoms with Gasteiger partial charge in [-0.05, 0) is 50.6 Å². The van der Waals surface area contributed by atoms with E-state index in [4.69, 9.17) is 14.2 Å². The van der Waals surface area contributed by atoms with Crippen LogP contribution in [0.2, 0.25) is 0 Å². The predicted molar refractivity (Wildman–Crippen MR) is 122 cm³/mol. The molecule has 0 bridgehead atoms. The van der Waals surface area contributed by atoms with Gasteiger partial charge in [0.1, 0.15) is 5.82 Å². The van der Waals surface area contributed by atoms with Gasteiger partial charge in [0.15, 0.2) is 11.5 Å². The fourth-order valence-corrected chi connectivity index (χ4v) is 3.81. The molecule has 33 heavy (non-hydrogen) atoms. The molecule has 2 aromatic rings. The molecule has 1 heterocycles. The molecule has 2 amide bonds. The Morgan fingerprint density at radius 2 is 1.64 bits per heavy atom. The summed E-state index contributed by atoms with van der Waals surface area (Å²) in [4.78, 5) is 27.0. The number of nitrogens with zero attached hydrogens (tertiary/aromatic N) is 1. The highest BCUT2D eigenvalue weighted by atomic mass is 19.1. The summed E-state index contributed by atoms with van der Waals surface area (Å²) in [7, 11) is 0. The van der Waals surface area contributed by atoms with Crippen LogP contribution >= 0.6 is 0 Å². The van der Waals surface area contributed by atoms with Crippen molar-refractivity contribution in [2.45, 2.75) is 33.7 Å². The van der Waals surface area contributed by atoms with Gasteiger partial charge in [-0.15, -0.1) is 0 Å². The van der Waals surface area contributed by atoms with Crippen LogP contribution in [-0.2, 0) is 11.3 Å². The van der Waals surface area contributed by atoms with E-state index in [1.807, 2.05) is 20.8 Å². The third-order valence-corrected chi connectivity index (χ3v) is 5.30. The van der Waals surface area contributed by atoms with Crippen LogP contribution < -0.4 is 19.5 Å². The second-order valence-electron chi connectivity index (χ2n) is 7.78. The maximum atomic E-state index is 13.1. The number of amides is 2. The summed E-state index contributed by atoms with van der Waals surface area (Å²) in [6, 6.07) is 9.42. The number of carbonyl (C=O) groups excluding carboxylic acids is 2. The number of ether oxygens (including phenoxy) is 3. The first-order chi connectivity index (χ1) is 15.9. The largest absolute Gasteiger partial charge is 0.490 e. The number of benzene rings is 2. The van der Waals surface area contributed by atoms with Crippen LogP contribution in [0.5, 0.6) is 17.2 Å². The highest BCUT2D eigenvalue weighted by molar-refractivity contribution is 5.95. The molecule has 0 spiro atoms. The smallest absolute Gasteiger partial charge is 0.251 e. The zero-order chi connectivity index (χ0) is 23.8. The van der Waals surface area contributed by atoms with Crippen LogP contribution in [0.1, 0.15) is 43.1 Å². The number of nitrogens with one attached hydrogen (secondary N) is 1. The normalized spacial score (nSPS) is 15.5. The van der Waals surface area contributed by atoms with Crippen LogP contribution in [0.25, 0.3) is 0 Å². The Bertz CT molecular complexity index is 937. The Morgan fingerprint density at radius 1 is 1.03 bits per heavy atom. The van der Waals surface area contributed by atoms with Gasteiger partial charge in [0.2, 0.25) is 11.7 Å². The van der Waals surface area contributed by atoms with Crippen molar-refractivity contribution in [2.75, 3.05) is 32.9 Å². The van der Waals surface area contributed by atoms with Gasteiger partial charge in [0, 0.05) is 37.5 Å². The lowest BCUT2D eigenvalue weighted by atomic mass is 10.1. The topological polar surface area (TPSA) is 77.1 Å². The quantitative estimate of drug-likeness (QED) is 0.554. The average molecular weight is 459 g/mol. The second kappa shape index (κ2) is 11.5. The molecular formula is C25H31FN2O5. The molecule has 1 atom stereocenters. The van der Waals surface area contributed by atoms with Gasteiger partial charge in [-0.25, -0.2) is 4.39 Å². The van der Waals surface area contributed by atoms with Gasteiger partial charge in [0.25, 0.3) is 5.91 Å².